The summed E-state index contributed by atoms with van der Waals surface area (Å²) in [5.74, 6) is -0.777. The third kappa shape index (κ3) is 3.38. The molecule has 2 aromatic rings. The molecule has 0 saturated heterocycles. The van der Waals surface area contributed by atoms with Crippen LogP contribution in [0.4, 0.5) is 0 Å². The predicted molar refractivity (Wildman–Crippen MR) is 76.0 cm³/mol. The highest BCUT2D eigenvalue weighted by atomic mass is 32.2. The molecule has 5 heteroatoms. The van der Waals surface area contributed by atoms with Crippen molar-refractivity contribution in [2.45, 2.75) is 25.3 Å². The highest BCUT2D eigenvalue weighted by Crippen LogP contribution is 2.23. The van der Waals surface area contributed by atoms with Crippen molar-refractivity contribution < 1.29 is 9.90 Å². The van der Waals surface area contributed by atoms with Gasteiger partial charge in [-0.2, -0.15) is 5.10 Å². The van der Waals surface area contributed by atoms with E-state index in [4.69, 9.17) is 5.11 Å². The maximum Gasteiger partial charge on any atom is 0.313 e. The molecule has 0 aliphatic heterocycles. The monoisotopic (exact) mass is 276 g/mol. The predicted octanol–water partition coefficient (Wildman–Crippen LogP) is 2.92. The molecule has 0 amide bonds. The molecule has 0 aliphatic carbocycles. The second-order valence-corrected chi connectivity index (χ2v) is 5.26. The Kier molecular flexibility index (Phi) is 4.27. The average molecular weight is 276 g/mol. The zero-order valence-electron chi connectivity index (χ0n) is 11.0. The van der Waals surface area contributed by atoms with E-state index in [9.17, 15) is 4.79 Å². The summed E-state index contributed by atoms with van der Waals surface area (Å²) in [5.41, 5.74) is 3.09. The molecule has 1 aromatic carbocycles. The molecule has 0 saturated carbocycles. The number of carboxylic acids is 1. The number of aliphatic carboxylic acids is 1. The Morgan fingerprint density at radius 3 is 2.84 bits per heavy atom. The van der Waals surface area contributed by atoms with Gasteiger partial charge < -0.3 is 5.11 Å². The summed E-state index contributed by atoms with van der Waals surface area (Å²) in [5, 5.41) is 14.2. The molecule has 4 nitrogen and oxygen atoms in total. The molecular weight excluding hydrogens is 260 g/mol. The molecular formula is C14H16N2O2S. The Balaban J connectivity index is 2.37. The van der Waals surface area contributed by atoms with Crippen molar-refractivity contribution in [1.29, 1.82) is 0 Å². The summed E-state index contributed by atoms with van der Waals surface area (Å²) in [6, 6.07) is 9.97. The van der Waals surface area contributed by atoms with E-state index in [1.807, 2.05) is 48.9 Å². The Bertz CT molecular complexity index is 593. The normalized spacial score (nSPS) is 10.6. The number of carboxylic acid groups (broad SMARTS) is 1. The van der Waals surface area contributed by atoms with Crippen LogP contribution in [0.1, 0.15) is 18.2 Å². The van der Waals surface area contributed by atoms with Gasteiger partial charge in [-0.05, 0) is 37.1 Å². The highest BCUT2D eigenvalue weighted by molar-refractivity contribution is 7.99. The molecule has 0 atom stereocenters. The fraction of sp³-hybridized carbons (Fsp3) is 0.286. The fourth-order valence-corrected chi connectivity index (χ4v) is 2.53. The zero-order chi connectivity index (χ0) is 13.8. The van der Waals surface area contributed by atoms with Gasteiger partial charge >= 0.3 is 5.97 Å². The Labute approximate surface area is 116 Å². The number of carbonyl (C=O) groups is 1. The van der Waals surface area contributed by atoms with Crippen LogP contribution in [0.3, 0.4) is 0 Å². The van der Waals surface area contributed by atoms with Crippen LogP contribution in [0.2, 0.25) is 0 Å². The van der Waals surface area contributed by atoms with Crippen LogP contribution in [0, 0.1) is 6.92 Å². The molecule has 0 aliphatic rings. The summed E-state index contributed by atoms with van der Waals surface area (Å²) in [4.78, 5) is 10.7. The lowest BCUT2D eigenvalue weighted by Crippen LogP contribution is -2.02. The molecule has 2 rings (SSSR count). The second-order valence-electron chi connectivity index (χ2n) is 4.26. The smallest absolute Gasteiger partial charge is 0.313 e. The minimum Gasteiger partial charge on any atom is -0.481 e. The van der Waals surface area contributed by atoms with Crippen molar-refractivity contribution in [2.24, 2.45) is 0 Å². The van der Waals surface area contributed by atoms with Crippen LogP contribution in [-0.2, 0) is 11.2 Å². The fourth-order valence-electron chi connectivity index (χ4n) is 1.77. The first-order valence-corrected chi connectivity index (χ1v) is 7.09. The molecule has 0 spiro atoms. The van der Waals surface area contributed by atoms with Gasteiger partial charge in [0.25, 0.3) is 0 Å². The average Bonchev–Trinajstić information content (AvgIpc) is 2.79. The van der Waals surface area contributed by atoms with Crippen LogP contribution in [0.25, 0.3) is 5.69 Å². The van der Waals surface area contributed by atoms with Gasteiger partial charge in [-0.3, -0.25) is 4.79 Å². The van der Waals surface area contributed by atoms with Crippen molar-refractivity contribution in [3.8, 4) is 5.69 Å². The van der Waals surface area contributed by atoms with E-state index in [2.05, 4.69) is 5.10 Å². The Morgan fingerprint density at radius 2 is 2.21 bits per heavy atom. The lowest BCUT2D eigenvalue weighted by atomic mass is 10.2. The summed E-state index contributed by atoms with van der Waals surface area (Å²) < 4.78 is 1.82. The topological polar surface area (TPSA) is 55.1 Å². The summed E-state index contributed by atoms with van der Waals surface area (Å²) in [7, 11) is 0. The molecule has 1 heterocycles. The highest BCUT2D eigenvalue weighted by Gasteiger charge is 2.11. The minimum absolute atomic E-state index is 0.0423. The van der Waals surface area contributed by atoms with E-state index < -0.39 is 5.97 Å². The van der Waals surface area contributed by atoms with Gasteiger partial charge in [0.2, 0.25) is 0 Å². The van der Waals surface area contributed by atoms with Gasteiger partial charge in [-0.15, -0.1) is 0 Å². The summed E-state index contributed by atoms with van der Waals surface area (Å²) >= 11 is 1.29. The van der Waals surface area contributed by atoms with Gasteiger partial charge in [0, 0.05) is 0 Å². The van der Waals surface area contributed by atoms with Crippen LogP contribution < -0.4 is 0 Å². The van der Waals surface area contributed by atoms with E-state index in [1.165, 1.54) is 11.8 Å². The molecule has 0 unspecified atom stereocenters. The molecule has 0 bridgehead atoms. The van der Waals surface area contributed by atoms with Gasteiger partial charge in [-0.25, -0.2) is 4.68 Å². The molecule has 1 aromatic heterocycles. The Morgan fingerprint density at radius 1 is 1.42 bits per heavy atom. The van der Waals surface area contributed by atoms with Gasteiger partial charge in [0.1, 0.15) is 5.03 Å². The number of aryl methyl sites for hydroxylation is 2. The molecule has 0 radical (unpaired) electrons. The van der Waals surface area contributed by atoms with Crippen molar-refractivity contribution in [2.75, 3.05) is 5.75 Å². The van der Waals surface area contributed by atoms with Crippen molar-refractivity contribution in [3.05, 3.63) is 41.6 Å². The first-order valence-electron chi connectivity index (χ1n) is 6.10. The van der Waals surface area contributed by atoms with E-state index in [-0.39, 0.29) is 5.75 Å². The minimum atomic E-state index is -0.819. The number of rotatable bonds is 5. The molecule has 100 valence electrons. The van der Waals surface area contributed by atoms with Crippen LogP contribution in [0.15, 0.2) is 35.4 Å². The van der Waals surface area contributed by atoms with Crippen molar-refractivity contribution in [3.63, 3.8) is 0 Å². The number of nitrogens with zero attached hydrogens (tertiary/aromatic N) is 2. The zero-order valence-corrected chi connectivity index (χ0v) is 11.8. The molecule has 0 fully saturated rings. The Hall–Kier alpha value is -1.75. The van der Waals surface area contributed by atoms with Crippen molar-refractivity contribution in [1.82, 2.24) is 9.78 Å². The molecule has 19 heavy (non-hydrogen) atoms. The van der Waals surface area contributed by atoms with Gasteiger partial charge in [0.15, 0.2) is 0 Å². The van der Waals surface area contributed by atoms with Gasteiger partial charge in [-0.1, -0.05) is 30.8 Å². The van der Waals surface area contributed by atoms with Crippen molar-refractivity contribution >= 4 is 17.7 Å². The number of aromatic nitrogens is 2. The number of hydrogen-bond donors (Lipinski definition) is 1. The largest absolute Gasteiger partial charge is 0.481 e. The van der Waals surface area contributed by atoms with Crippen LogP contribution >= 0.6 is 11.8 Å². The molecule has 1 N–H and O–H groups in total. The second kappa shape index (κ2) is 5.93. The first-order chi connectivity index (χ1) is 9.10. The van der Waals surface area contributed by atoms with E-state index in [0.29, 0.717) is 0 Å². The maximum atomic E-state index is 10.7. The third-order valence-corrected chi connectivity index (χ3v) is 3.66. The van der Waals surface area contributed by atoms with Crippen LogP contribution in [0.5, 0.6) is 0 Å². The quantitative estimate of drug-likeness (QED) is 0.853. The number of thioether (sulfide) groups is 1. The maximum absolute atomic E-state index is 10.7. The van der Waals surface area contributed by atoms with E-state index in [0.717, 1.165) is 28.4 Å². The number of hydrogen-bond acceptors (Lipinski definition) is 3. The third-order valence-electron chi connectivity index (χ3n) is 2.68. The lowest BCUT2D eigenvalue weighted by molar-refractivity contribution is -0.133. The summed E-state index contributed by atoms with van der Waals surface area (Å²) in [6.45, 7) is 4.06. The first kappa shape index (κ1) is 13.7. The number of benzene rings is 1. The summed E-state index contributed by atoms with van der Waals surface area (Å²) in [6.07, 6.45) is 0.833. The standard InChI is InChI=1S/C14H16N2O2S/c1-3-11-8-13(19-9-14(17)18)16(15-11)12-6-4-5-10(2)7-12/h4-8H,3,9H2,1-2H3,(H,17,18). The van der Waals surface area contributed by atoms with Crippen LogP contribution in [-0.4, -0.2) is 26.6 Å². The SMILES string of the molecule is CCc1cc(SCC(=O)O)n(-c2cccc(C)c2)n1. The van der Waals surface area contributed by atoms with E-state index in [1.54, 1.807) is 0 Å². The lowest BCUT2D eigenvalue weighted by Gasteiger charge is -2.06. The van der Waals surface area contributed by atoms with Gasteiger partial charge in [0.05, 0.1) is 17.1 Å². The van der Waals surface area contributed by atoms with E-state index >= 15 is 0 Å².